The van der Waals surface area contributed by atoms with Gasteiger partial charge in [0.25, 0.3) is 0 Å². The molecule has 0 atom stereocenters. The Hall–Kier alpha value is -1.42. The molecule has 2 rings (SSSR count). The van der Waals surface area contributed by atoms with Gasteiger partial charge in [-0.3, -0.25) is 0 Å². The first kappa shape index (κ1) is 9.15. The van der Waals surface area contributed by atoms with Gasteiger partial charge < -0.3 is 4.74 Å². The van der Waals surface area contributed by atoms with E-state index in [2.05, 4.69) is 9.72 Å². The number of hydrogen-bond acceptors (Lipinski definition) is 4. The summed E-state index contributed by atoms with van der Waals surface area (Å²) in [6, 6.07) is 5.38. The predicted octanol–water partition coefficient (Wildman–Crippen LogP) is 2.39. The van der Waals surface area contributed by atoms with Gasteiger partial charge in [-0.2, -0.15) is 0 Å². The summed E-state index contributed by atoms with van der Waals surface area (Å²) in [5.74, 6) is -0.307. The molecular formula is C10H9NO2S. The van der Waals surface area contributed by atoms with Crippen LogP contribution in [0.25, 0.3) is 10.2 Å². The molecule has 1 heterocycles. The molecule has 2 aromatic rings. The molecule has 0 N–H and O–H groups in total. The van der Waals surface area contributed by atoms with Gasteiger partial charge in [-0.1, -0.05) is 0 Å². The molecule has 0 aliphatic heterocycles. The summed E-state index contributed by atoms with van der Waals surface area (Å²) in [6.45, 7) is 1.95. The van der Waals surface area contributed by atoms with Crippen LogP contribution in [0.2, 0.25) is 0 Å². The lowest BCUT2D eigenvalue weighted by Crippen LogP contribution is -1.99. The maximum Gasteiger partial charge on any atom is 0.337 e. The number of rotatable bonds is 1. The van der Waals surface area contributed by atoms with Gasteiger partial charge >= 0.3 is 5.97 Å². The van der Waals surface area contributed by atoms with Gasteiger partial charge in [0.05, 0.1) is 27.9 Å². The van der Waals surface area contributed by atoms with Crippen molar-refractivity contribution < 1.29 is 9.53 Å². The van der Waals surface area contributed by atoms with E-state index in [0.29, 0.717) is 5.56 Å². The van der Waals surface area contributed by atoms with Gasteiger partial charge in [-0.15, -0.1) is 11.3 Å². The van der Waals surface area contributed by atoms with E-state index >= 15 is 0 Å². The van der Waals surface area contributed by atoms with Crippen molar-refractivity contribution in [2.75, 3.05) is 7.11 Å². The molecule has 72 valence electrons. The number of esters is 1. The molecule has 14 heavy (non-hydrogen) atoms. The molecule has 0 unspecified atom stereocenters. The van der Waals surface area contributed by atoms with Gasteiger partial charge in [0.1, 0.15) is 0 Å². The zero-order valence-corrected chi connectivity index (χ0v) is 8.72. The van der Waals surface area contributed by atoms with Gasteiger partial charge in [0.2, 0.25) is 0 Å². The summed E-state index contributed by atoms with van der Waals surface area (Å²) in [7, 11) is 1.38. The van der Waals surface area contributed by atoms with E-state index in [1.165, 1.54) is 7.11 Å². The first-order valence-electron chi connectivity index (χ1n) is 4.16. The first-order valence-corrected chi connectivity index (χ1v) is 4.98. The number of hydrogen-bond donors (Lipinski definition) is 0. The number of thiazole rings is 1. The number of methoxy groups -OCH3 is 1. The molecule has 0 spiro atoms. The maximum absolute atomic E-state index is 11.2. The summed E-state index contributed by atoms with van der Waals surface area (Å²) in [5.41, 5.74) is 1.50. The van der Waals surface area contributed by atoms with Crippen molar-refractivity contribution in [3.8, 4) is 0 Å². The highest BCUT2D eigenvalue weighted by Gasteiger charge is 2.07. The molecule has 4 heteroatoms. The minimum absolute atomic E-state index is 0.307. The van der Waals surface area contributed by atoms with E-state index in [1.54, 1.807) is 17.4 Å². The Morgan fingerprint density at radius 1 is 1.50 bits per heavy atom. The molecule has 0 aliphatic rings. The molecule has 0 saturated heterocycles. The van der Waals surface area contributed by atoms with Crippen molar-refractivity contribution in [2.45, 2.75) is 6.92 Å². The topological polar surface area (TPSA) is 39.2 Å². The highest BCUT2D eigenvalue weighted by molar-refractivity contribution is 7.18. The predicted molar refractivity (Wildman–Crippen MR) is 55.7 cm³/mol. The van der Waals surface area contributed by atoms with Crippen LogP contribution in [0.15, 0.2) is 18.2 Å². The molecule has 0 fully saturated rings. The van der Waals surface area contributed by atoms with E-state index in [-0.39, 0.29) is 5.97 Å². The fourth-order valence-corrected chi connectivity index (χ4v) is 2.15. The van der Waals surface area contributed by atoms with Gasteiger partial charge in [0, 0.05) is 0 Å². The fraction of sp³-hybridized carbons (Fsp3) is 0.200. The molecule has 0 radical (unpaired) electrons. The van der Waals surface area contributed by atoms with Crippen LogP contribution >= 0.6 is 11.3 Å². The van der Waals surface area contributed by atoms with Crippen molar-refractivity contribution in [3.63, 3.8) is 0 Å². The number of carbonyl (C=O) groups is 1. The average Bonchev–Trinajstić information content (AvgIpc) is 2.55. The largest absolute Gasteiger partial charge is 0.465 e. The lowest BCUT2D eigenvalue weighted by atomic mass is 10.2. The highest BCUT2D eigenvalue weighted by atomic mass is 32.1. The lowest BCUT2D eigenvalue weighted by molar-refractivity contribution is 0.0601. The number of benzene rings is 1. The zero-order valence-electron chi connectivity index (χ0n) is 7.90. The van der Waals surface area contributed by atoms with Gasteiger partial charge in [0.15, 0.2) is 0 Å². The van der Waals surface area contributed by atoms with Crippen LogP contribution in [0.4, 0.5) is 0 Å². The second-order valence-electron chi connectivity index (χ2n) is 2.91. The third-order valence-corrected chi connectivity index (χ3v) is 2.85. The van der Waals surface area contributed by atoms with Crippen LogP contribution in [0.1, 0.15) is 15.4 Å². The summed E-state index contributed by atoms with van der Waals surface area (Å²) in [5, 5.41) is 1.00. The van der Waals surface area contributed by atoms with Crippen LogP contribution in [-0.2, 0) is 4.74 Å². The van der Waals surface area contributed by atoms with E-state index in [4.69, 9.17) is 0 Å². The van der Waals surface area contributed by atoms with Crippen LogP contribution in [0.5, 0.6) is 0 Å². The quantitative estimate of drug-likeness (QED) is 0.674. The molecular weight excluding hydrogens is 198 g/mol. The molecule has 0 saturated carbocycles. The van der Waals surface area contributed by atoms with Crippen molar-refractivity contribution in [1.82, 2.24) is 4.98 Å². The highest BCUT2D eigenvalue weighted by Crippen LogP contribution is 2.22. The normalized spacial score (nSPS) is 10.4. The van der Waals surface area contributed by atoms with E-state index in [9.17, 15) is 4.79 Å². The number of aromatic nitrogens is 1. The van der Waals surface area contributed by atoms with Gasteiger partial charge in [-0.05, 0) is 25.1 Å². The standard InChI is InChI=1S/C10H9NO2S/c1-6-11-8-4-3-7(10(12)13-2)5-9(8)14-6/h3-5H,1-2H3. The second kappa shape index (κ2) is 3.38. The van der Waals surface area contributed by atoms with E-state index in [0.717, 1.165) is 15.2 Å². The number of ether oxygens (including phenoxy) is 1. The zero-order chi connectivity index (χ0) is 10.1. The van der Waals surface area contributed by atoms with Crippen LogP contribution in [0.3, 0.4) is 0 Å². The first-order chi connectivity index (χ1) is 6.70. The Morgan fingerprint density at radius 2 is 2.29 bits per heavy atom. The minimum Gasteiger partial charge on any atom is -0.465 e. The Morgan fingerprint density at radius 3 is 3.00 bits per heavy atom. The average molecular weight is 207 g/mol. The molecule has 1 aromatic carbocycles. The Balaban J connectivity index is 2.55. The molecule has 0 amide bonds. The summed E-state index contributed by atoms with van der Waals surface area (Å²) in [6.07, 6.45) is 0. The number of nitrogens with zero attached hydrogens (tertiary/aromatic N) is 1. The number of aryl methyl sites for hydroxylation is 1. The second-order valence-corrected chi connectivity index (χ2v) is 4.14. The third-order valence-electron chi connectivity index (χ3n) is 1.92. The van der Waals surface area contributed by atoms with Gasteiger partial charge in [-0.25, -0.2) is 9.78 Å². The Labute approximate surface area is 85.3 Å². The van der Waals surface area contributed by atoms with E-state index in [1.807, 2.05) is 19.1 Å². The van der Waals surface area contributed by atoms with Crippen LogP contribution < -0.4 is 0 Å². The van der Waals surface area contributed by atoms with Crippen molar-refractivity contribution in [1.29, 1.82) is 0 Å². The summed E-state index contributed by atoms with van der Waals surface area (Å²) >= 11 is 1.58. The lowest BCUT2D eigenvalue weighted by Gasteiger charge is -1.97. The molecule has 3 nitrogen and oxygen atoms in total. The number of fused-ring (bicyclic) bond motifs is 1. The summed E-state index contributed by atoms with van der Waals surface area (Å²) < 4.78 is 5.66. The molecule has 1 aromatic heterocycles. The minimum atomic E-state index is -0.307. The summed E-state index contributed by atoms with van der Waals surface area (Å²) in [4.78, 5) is 15.5. The smallest absolute Gasteiger partial charge is 0.337 e. The number of carbonyl (C=O) groups excluding carboxylic acids is 1. The fourth-order valence-electron chi connectivity index (χ4n) is 1.28. The van der Waals surface area contributed by atoms with Crippen molar-refractivity contribution in [2.24, 2.45) is 0 Å². The van der Waals surface area contributed by atoms with Crippen LogP contribution in [0, 0.1) is 6.92 Å². The van der Waals surface area contributed by atoms with Crippen LogP contribution in [-0.4, -0.2) is 18.1 Å². The Bertz CT molecular complexity index is 490. The SMILES string of the molecule is COC(=O)c1ccc2nc(C)sc2c1. The monoisotopic (exact) mass is 207 g/mol. The maximum atomic E-state index is 11.2. The molecule has 0 bridgehead atoms. The van der Waals surface area contributed by atoms with Crippen molar-refractivity contribution in [3.05, 3.63) is 28.8 Å². The molecule has 0 aliphatic carbocycles. The van der Waals surface area contributed by atoms with E-state index < -0.39 is 0 Å². The Kier molecular flexibility index (Phi) is 2.21. The van der Waals surface area contributed by atoms with Crippen molar-refractivity contribution >= 4 is 27.5 Å². The third kappa shape index (κ3) is 1.48.